The Bertz CT molecular complexity index is 372. The van der Waals surface area contributed by atoms with Gasteiger partial charge >= 0.3 is 0 Å². The third-order valence-electron chi connectivity index (χ3n) is 2.33. The summed E-state index contributed by atoms with van der Waals surface area (Å²) in [5, 5.41) is 13.5. The zero-order valence-corrected chi connectivity index (χ0v) is 11.9. The van der Waals surface area contributed by atoms with Crippen molar-refractivity contribution in [1.29, 1.82) is 0 Å². The molecule has 0 unspecified atom stereocenters. The van der Waals surface area contributed by atoms with Crippen molar-refractivity contribution in [3.8, 4) is 5.88 Å². The normalized spacial score (nSPS) is 13.7. The molecule has 1 aromatic rings. The number of aliphatic hydroxyl groups is 1. The van der Waals surface area contributed by atoms with Crippen LogP contribution < -0.4 is 10.1 Å². The molecule has 102 valence electrons. The minimum atomic E-state index is -0.619. The molecule has 18 heavy (non-hydrogen) atoms. The van der Waals surface area contributed by atoms with Crippen molar-refractivity contribution < 1.29 is 9.84 Å². The van der Waals surface area contributed by atoms with Crippen LogP contribution in [0.2, 0.25) is 0 Å². The lowest BCUT2D eigenvalue weighted by Crippen LogP contribution is -2.38. The molecule has 0 aromatic carbocycles. The lowest BCUT2D eigenvalue weighted by Gasteiger charge is -2.24. The van der Waals surface area contributed by atoms with Gasteiger partial charge in [-0.15, -0.1) is 0 Å². The predicted octanol–water partition coefficient (Wildman–Crippen LogP) is 2.29. The monoisotopic (exact) mass is 252 g/mol. The number of nitrogens with zero attached hydrogens (tertiary/aromatic N) is 1. The summed E-state index contributed by atoms with van der Waals surface area (Å²) in [6.45, 7) is 10.6. The summed E-state index contributed by atoms with van der Waals surface area (Å²) < 4.78 is 5.60. The quantitative estimate of drug-likeness (QED) is 0.844. The van der Waals surface area contributed by atoms with Crippen LogP contribution in [-0.2, 0) is 0 Å². The molecule has 1 atom stereocenters. The Morgan fingerprint density at radius 1 is 1.39 bits per heavy atom. The van der Waals surface area contributed by atoms with E-state index in [-0.39, 0.29) is 11.6 Å². The number of rotatable bonds is 5. The molecule has 0 saturated carbocycles. The van der Waals surface area contributed by atoms with Crippen molar-refractivity contribution in [3.63, 3.8) is 0 Å². The standard InChI is InChI=1S/C14H24N2O2/c1-10(2)18-13-11(7-6-8-15-13)12(17)9-16-14(3,4)5/h6-8,10,12,16-17H,9H2,1-5H3/t12-/m0/s1. The number of nitrogens with one attached hydrogen (secondary N) is 1. The molecule has 0 aliphatic carbocycles. The molecular formula is C14H24N2O2. The zero-order valence-electron chi connectivity index (χ0n) is 11.9. The van der Waals surface area contributed by atoms with Gasteiger partial charge in [-0.1, -0.05) is 0 Å². The van der Waals surface area contributed by atoms with Crippen molar-refractivity contribution in [2.75, 3.05) is 6.54 Å². The van der Waals surface area contributed by atoms with Gasteiger partial charge in [-0.25, -0.2) is 4.98 Å². The second-order valence-corrected chi connectivity index (χ2v) is 5.71. The SMILES string of the molecule is CC(C)Oc1ncccc1[C@@H](O)CNC(C)(C)C. The third-order valence-corrected chi connectivity index (χ3v) is 2.33. The fourth-order valence-electron chi connectivity index (χ4n) is 1.49. The molecule has 4 heteroatoms. The lowest BCUT2D eigenvalue weighted by molar-refractivity contribution is 0.151. The van der Waals surface area contributed by atoms with E-state index >= 15 is 0 Å². The van der Waals surface area contributed by atoms with Gasteiger partial charge in [0.2, 0.25) is 5.88 Å². The number of ether oxygens (including phenoxy) is 1. The predicted molar refractivity (Wildman–Crippen MR) is 72.7 cm³/mol. The minimum Gasteiger partial charge on any atom is -0.475 e. The molecule has 4 nitrogen and oxygen atoms in total. The summed E-state index contributed by atoms with van der Waals surface area (Å²) >= 11 is 0. The first-order chi connectivity index (χ1) is 8.29. The summed E-state index contributed by atoms with van der Waals surface area (Å²) in [6, 6.07) is 3.66. The highest BCUT2D eigenvalue weighted by Gasteiger charge is 2.18. The van der Waals surface area contributed by atoms with E-state index in [0.717, 1.165) is 5.56 Å². The lowest BCUT2D eigenvalue weighted by atomic mass is 10.1. The van der Waals surface area contributed by atoms with E-state index in [1.165, 1.54) is 0 Å². The maximum atomic E-state index is 10.2. The second kappa shape index (κ2) is 6.16. The highest BCUT2D eigenvalue weighted by molar-refractivity contribution is 5.28. The summed E-state index contributed by atoms with van der Waals surface area (Å²) in [5.74, 6) is 0.510. The molecule has 0 aliphatic heterocycles. The number of hydrogen-bond donors (Lipinski definition) is 2. The molecule has 0 spiro atoms. The van der Waals surface area contributed by atoms with Crippen LogP contribution in [-0.4, -0.2) is 28.3 Å². The summed E-state index contributed by atoms with van der Waals surface area (Å²) in [7, 11) is 0. The summed E-state index contributed by atoms with van der Waals surface area (Å²) in [6.07, 6.45) is 1.10. The van der Waals surface area contributed by atoms with E-state index in [0.29, 0.717) is 12.4 Å². The number of pyridine rings is 1. The van der Waals surface area contributed by atoms with Gasteiger partial charge in [-0.05, 0) is 46.8 Å². The molecule has 1 heterocycles. The molecule has 1 rings (SSSR count). The number of aromatic nitrogens is 1. The van der Waals surface area contributed by atoms with Crippen LogP contribution in [0.15, 0.2) is 18.3 Å². The molecule has 0 aliphatic rings. The van der Waals surface area contributed by atoms with Gasteiger partial charge < -0.3 is 15.2 Å². The first kappa shape index (κ1) is 14.9. The van der Waals surface area contributed by atoms with Gasteiger partial charge in [0.1, 0.15) is 0 Å². The Morgan fingerprint density at radius 3 is 2.61 bits per heavy atom. The summed E-state index contributed by atoms with van der Waals surface area (Å²) in [4.78, 5) is 4.17. The Morgan fingerprint density at radius 2 is 2.06 bits per heavy atom. The smallest absolute Gasteiger partial charge is 0.219 e. The van der Waals surface area contributed by atoms with Crippen LogP contribution in [0.1, 0.15) is 46.3 Å². The second-order valence-electron chi connectivity index (χ2n) is 5.71. The van der Waals surface area contributed by atoms with Crippen LogP contribution >= 0.6 is 0 Å². The zero-order chi connectivity index (χ0) is 13.8. The Hall–Kier alpha value is -1.13. The Labute approximate surface area is 109 Å². The Kier molecular flexibility index (Phi) is 5.11. The minimum absolute atomic E-state index is 0.0255. The van der Waals surface area contributed by atoms with Gasteiger partial charge in [0.05, 0.1) is 12.2 Å². The average molecular weight is 252 g/mol. The molecule has 0 radical (unpaired) electrons. The topological polar surface area (TPSA) is 54.4 Å². The average Bonchev–Trinajstić information content (AvgIpc) is 2.25. The third kappa shape index (κ3) is 5.02. The van der Waals surface area contributed by atoms with Crippen molar-refractivity contribution in [3.05, 3.63) is 23.9 Å². The van der Waals surface area contributed by atoms with E-state index in [1.54, 1.807) is 6.20 Å². The molecule has 2 N–H and O–H groups in total. The fraction of sp³-hybridized carbons (Fsp3) is 0.643. The highest BCUT2D eigenvalue weighted by atomic mass is 16.5. The number of hydrogen-bond acceptors (Lipinski definition) is 4. The maximum Gasteiger partial charge on any atom is 0.219 e. The van der Waals surface area contributed by atoms with Gasteiger partial charge in [0.15, 0.2) is 0 Å². The van der Waals surface area contributed by atoms with Gasteiger partial charge in [-0.3, -0.25) is 0 Å². The van der Waals surface area contributed by atoms with Crippen LogP contribution in [0.3, 0.4) is 0 Å². The van der Waals surface area contributed by atoms with E-state index in [1.807, 2.05) is 26.0 Å². The number of β-amino-alcohol motifs (C(OH)–C–C–N with tert-alkyl or cyclic N) is 1. The van der Waals surface area contributed by atoms with E-state index < -0.39 is 6.10 Å². The van der Waals surface area contributed by atoms with Crippen molar-refractivity contribution in [2.24, 2.45) is 0 Å². The van der Waals surface area contributed by atoms with Gasteiger partial charge in [-0.2, -0.15) is 0 Å². The fourth-order valence-corrected chi connectivity index (χ4v) is 1.49. The highest BCUT2D eigenvalue weighted by Crippen LogP contribution is 2.23. The van der Waals surface area contributed by atoms with Crippen molar-refractivity contribution in [1.82, 2.24) is 10.3 Å². The molecular weight excluding hydrogens is 228 g/mol. The van der Waals surface area contributed by atoms with Crippen LogP contribution in [0.25, 0.3) is 0 Å². The first-order valence-electron chi connectivity index (χ1n) is 6.34. The molecule has 1 aromatic heterocycles. The van der Waals surface area contributed by atoms with Gasteiger partial charge in [0, 0.05) is 23.8 Å². The van der Waals surface area contributed by atoms with E-state index in [9.17, 15) is 5.11 Å². The molecule has 0 amide bonds. The van der Waals surface area contributed by atoms with Crippen molar-refractivity contribution in [2.45, 2.75) is 52.4 Å². The first-order valence-corrected chi connectivity index (χ1v) is 6.34. The van der Waals surface area contributed by atoms with Gasteiger partial charge in [0.25, 0.3) is 0 Å². The van der Waals surface area contributed by atoms with Crippen LogP contribution in [0.5, 0.6) is 5.88 Å². The Balaban J connectivity index is 2.75. The molecule has 0 bridgehead atoms. The van der Waals surface area contributed by atoms with E-state index in [4.69, 9.17) is 4.74 Å². The number of aliphatic hydroxyl groups excluding tert-OH is 1. The summed E-state index contributed by atoms with van der Waals surface area (Å²) in [5.41, 5.74) is 0.699. The van der Waals surface area contributed by atoms with Crippen LogP contribution in [0, 0.1) is 0 Å². The van der Waals surface area contributed by atoms with Crippen molar-refractivity contribution >= 4 is 0 Å². The van der Waals surface area contributed by atoms with E-state index in [2.05, 4.69) is 31.1 Å². The van der Waals surface area contributed by atoms with Crippen LogP contribution in [0.4, 0.5) is 0 Å². The molecule has 0 fully saturated rings. The molecule has 0 saturated heterocycles. The maximum absolute atomic E-state index is 10.2. The largest absolute Gasteiger partial charge is 0.475 e.